The van der Waals surface area contributed by atoms with Crippen molar-refractivity contribution in [3.05, 3.63) is 60.2 Å². The summed E-state index contributed by atoms with van der Waals surface area (Å²) in [6, 6.07) is 10.6. The van der Waals surface area contributed by atoms with Gasteiger partial charge in [-0.3, -0.25) is 0 Å². The van der Waals surface area contributed by atoms with Crippen molar-refractivity contribution in [1.82, 2.24) is 0 Å². The second-order valence-corrected chi connectivity index (χ2v) is 4.09. The second kappa shape index (κ2) is 9.23. The average molecular weight is 235 g/mol. The standard InChI is InChI=1S/C15H19Cl/c16-14-10-5-3-1-2-4-7-11-15-12-8-6-9-13-15/h1-4,6,8-9,12-13H,5,7,10-11,14H2/b3-1+,4-2+. The molecule has 0 bridgehead atoms. The number of benzene rings is 1. The quantitative estimate of drug-likeness (QED) is 0.363. The van der Waals surface area contributed by atoms with E-state index in [1.54, 1.807) is 0 Å². The van der Waals surface area contributed by atoms with Crippen molar-refractivity contribution in [2.45, 2.75) is 25.7 Å². The molecule has 0 radical (unpaired) electrons. The highest BCUT2D eigenvalue weighted by atomic mass is 35.5. The number of hydrogen-bond acceptors (Lipinski definition) is 0. The lowest BCUT2D eigenvalue weighted by Crippen LogP contribution is -1.80. The Balaban J connectivity index is 2.11. The molecule has 0 aliphatic rings. The lowest BCUT2D eigenvalue weighted by atomic mass is 10.1. The zero-order valence-corrected chi connectivity index (χ0v) is 10.4. The molecule has 0 heterocycles. The van der Waals surface area contributed by atoms with Gasteiger partial charge in [-0.1, -0.05) is 54.6 Å². The minimum atomic E-state index is 0.752. The highest BCUT2D eigenvalue weighted by Crippen LogP contribution is 2.02. The Morgan fingerprint density at radius 2 is 1.62 bits per heavy atom. The predicted octanol–water partition coefficient (Wildman–Crippen LogP) is 4.75. The Kier molecular flexibility index (Phi) is 7.53. The molecule has 1 rings (SSSR count). The lowest BCUT2D eigenvalue weighted by molar-refractivity contribution is 0.966. The molecule has 0 atom stereocenters. The maximum atomic E-state index is 5.58. The van der Waals surface area contributed by atoms with Gasteiger partial charge in [0.2, 0.25) is 0 Å². The summed E-state index contributed by atoms with van der Waals surface area (Å²) in [4.78, 5) is 0. The van der Waals surface area contributed by atoms with Gasteiger partial charge in [-0.2, -0.15) is 0 Å². The van der Waals surface area contributed by atoms with E-state index in [-0.39, 0.29) is 0 Å². The maximum Gasteiger partial charge on any atom is 0.0226 e. The largest absolute Gasteiger partial charge is 0.127 e. The SMILES string of the molecule is ClCCC/C=C/C=C/CCc1ccccc1. The Hall–Kier alpha value is -1.01. The monoisotopic (exact) mass is 234 g/mol. The van der Waals surface area contributed by atoms with Gasteiger partial charge in [-0.25, -0.2) is 0 Å². The molecule has 0 aliphatic carbocycles. The first-order valence-corrected chi connectivity index (χ1v) is 6.38. The Morgan fingerprint density at radius 1 is 0.938 bits per heavy atom. The third-order valence-corrected chi connectivity index (χ3v) is 2.60. The minimum Gasteiger partial charge on any atom is -0.127 e. The summed E-state index contributed by atoms with van der Waals surface area (Å²) < 4.78 is 0. The molecule has 0 spiro atoms. The van der Waals surface area contributed by atoms with E-state index in [1.807, 2.05) is 0 Å². The summed E-state index contributed by atoms with van der Waals surface area (Å²) in [5.41, 5.74) is 1.40. The zero-order valence-electron chi connectivity index (χ0n) is 9.61. The number of rotatable bonds is 7. The third kappa shape index (κ3) is 6.47. The van der Waals surface area contributed by atoms with Crippen molar-refractivity contribution in [1.29, 1.82) is 0 Å². The van der Waals surface area contributed by atoms with Crippen LogP contribution in [0.3, 0.4) is 0 Å². The van der Waals surface area contributed by atoms with Crippen molar-refractivity contribution < 1.29 is 0 Å². The molecule has 0 nitrogen and oxygen atoms in total. The smallest absolute Gasteiger partial charge is 0.0226 e. The number of hydrogen-bond donors (Lipinski definition) is 0. The van der Waals surface area contributed by atoms with Gasteiger partial charge in [0.25, 0.3) is 0 Å². The van der Waals surface area contributed by atoms with Gasteiger partial charge >= 0.3 is 0 Å². The fraction of sp³-hybridized carbons (Fsp3) is 0.333. The van der Waals surface area contributed by atoms with E-state index in [9.17, 15) is 0 Å². The molecule has 0 fully saturated rings. The van der Waals surface area contributed by atoms with Crippen LogP contribution in [-0.4, -0.2) is 5.88 Å². The van der Waals surface area contributed by atoms with Crippen molar-refractivity contribution in [2.75, 3.05) is 5.88 Å². The second-order valence-electron chi connectivity index (χ2n) is 3.71. The summed E-state index contributed by atoms with van der Waals surface area (Å²) >= 11 is 5.58. The van der Waals surface area contributed by atoms with Crippen LogP contribution in [0.25, 0.3) is 0 Å². The molecular formula is C15H19Cl. The number of alkyl halides is 1. The van der Waals surface area contributed by atoms with E-state index < -0.39 is 0 Å². The molecule has 0 N–H and O–H groups in total. The van der Waals surface area contributed by atoms with Crippen LogP contribution in [0.5, 0.6) is 0 Å². The van der Waals surface area contributed by atoms with E-state index in [4.69, 9.17) is 11.6 Å². The number of halogens is 1. The van der Waals surface area contributed by atoms with Crippen LogP contribution in [0, 0.1) is 0 Å². The van der Waals surface area contributed by atoms with Crippen LogP contribution in [0.1, 0.15) is 24.8 Å². The lowest BCUT2D eigenvalue weighted by Gasteiger charge is -1.95. The summed E-state index contributed by atoms with van der Waals surface area (Å²) in [5, 5.41) is 0. The first kappa shape index (κ1) is 13.1. The molecular weight excluding hydrogens is 216 g/mol. The Morgan fingerprint density at radius 3 is 2.31 bits per heavy atom. The van der Waals surface area contributed by atoms with E-state index in [1.165, 1.54) is 5.56 Å². The van der Waals surface area contributed by atoms with Gasteiger partial charge in [0, 0.05) is 5.88 Å². The molecule has 1 aromatic carbocycles. The summed E-state index contributed by atoms with van der Waals surface area (Å²) in [6.07, 6.45) is 13.0. The molecule has 0 amide bonds. The van der Waals surface area contributed by atoms with E-state index in [0.717, 1.165) is 31.6 Å². The van der Waals surface area contributed by atoms with Gasteiger partial charge in [0.1, 0.15) is 0 Å². The van der Waals surface area contributed by atoms with E-state index in [0.29, 0.717) is 0 Å². The fourth-order valence-corrected chi connectivity index (χ4v) is 1.59. The minimum absolute atomic E-state index is 0.752. The summed E-state index contributed by atoms with van der Waals surface area (Å²) in [5.74, 6) is 0.752. The van der Waals surface area contributed by atoms with E-state index >= 15 is 0 Å². The fourth-order valence-electron chi connectivity index (χ4n) is 1.44. The van der Waals surface area contributed by atoms with Crippen molar-refractivity contribution in [2.24, 2.45) is 0 Å². The Bertz CT molecular complexity index is 311. The molecule has 0 unspecified atom stereocenters. The van der Waals surface area contributed by atoms with Crippen LogP contribution in [0.15, 0.2) is 54.6 Å². The Labute approximate surface area is 104 Å². The molecule has 0 aliphatic heterocycles. The normalized spacial score (nSPS) is 11.6. The molecule has 1 heteroatoms. The van der Waals surface area contributed by atoms with Crippen LogP contribution in [0.4, 0.5) is 0 Å². The van der Waals surface area contributed by atoms with Crippen LogP contribution in [0.2, 0.25) is 0 Å². The summed E-state index contributed by atoms with van der Waals surface area (Å²) in [6.45, 7) is 0. The van der Waals surface area contributed by atoms with Crippen molar-refractivity contribution >= 4 is 11.6 Å². The van der Waals surface area contributed by atoms with Gasteiger partial charge in [-0.05, 0) is 31.2 Å². The van der Waals surface area contributed by atoms with Gasteiger partial charge in [0.05, 0.1) is 0 Å². The van der Waals surface area contributed by atoms with Crippen LogP contribution >= 0.6 is 11.6 Å². The molecule has 0 saturated carbocycles. The van der Waals surface area contributed by atoms with Gasteiger partial charge in [-0.15, -0.1) is 11.6 Å². The number of aryl methyl sites for hydroxylation is 1. The zero-order chi connectivity index (χ0) is 11.5. The highest BCUT2D eigenvalue weighted by Gasteiger charge is 1.87. The maximum absolute atomic E-state index is 5.58. The topological polar surface area (TPSA) is 0 Å². The van der Waals surface area contributed by atoms with Crippen LogP contribution in [-0.2, 0) is 6.42 Å². The predicted molar refractivity (Wildman–Crippen MR) is 73.0 cm³/mol. The first-order chi connectivity index (χ1) is 7.93. The molecule has 0 saturated heterocycles. The highest BCUT2D eigenvalue weighted by molar-refractivity contribution is 6.17. The molecule has 86 valence electrons. The van der Waals surface area contributed by atoms with Gasteiger partial charge < -0.3 is 0 Å². The summed E-state index contributed by atoms with van der Waals surface area (Å²) in [7, 11) is 0. The van der Waals surface area contributed by atoms with Crippen LogP contribution < -0.4 is 0 Å². The third-order valence-electron chi connectivity index (χ3n) is 2.33. The first-order valence-electron chi connectivity index (χ1n) is 5.85. The molecule has 1 aromatic rings. The number of unbranched alkanes of at least 4 members (excludes halogenated alkanes) is 1. The number of allylic oxidation sites excluding steroid dienone is 4. The van der Waals surface area contributed by atoms with E-state index in [2.05, 4.69) is 54.6 Å². The van der Waals surface area contributed by atoms with Gasteiger partial charge in [0.15, 0.2) is 0 Å². The van der Waals surface area contributed by atoms with Crippen molar-refractivity contribution in [3.8, 4) is 0 Å². The molecule has 0 aromatic heterocycles. The average Bonchev–Trinajstić information content (AvgIpc) is 2.34. The van der Waals surface area contributed by atoms with Crippen molar-refractivity contribution in [3.63, 3.8) is 0 Å². The molecule has 16 heavy (non-hydrogen) atoms.